The summed E-state index contributed by atoms with van der Waals surface area (Å²) in [5, 5.41) is 0.905. The van der Waals surface area contributed by atoms with Crippen molar-refractivity contribution in [2.75, 3.05) is 5.33 Å². The van der Waals surface area contributed by atoms with Crippen molar-refractivity contribution >= 4 is 31.9 Å². The molecule has 0 amide bonds. The average molecular weight is 324 g/mol. The summed E-state index contributed by atoms with van der Waals surface area (Å²) in [4.78, 5) is 15.6. The van der Waals surface area contributed by atoms with Gasteiger partial charge in [0.1, 0.15) is 4.47 Å². The Balaban J connectivity index is 2.86. The van der Waals surface area contributed by atoms with E-state index in [0.717, 1.165) is 11.8 Å². The number of hydrogen-bond donors (Lipinski definition) is 0. The SMILES string of the molecule is CCC(CBr)Cn1cncc(Br)c1=O. The standard InChI is InChI=1S/C9H12Br2N2O/c1-2-7(3-10)5-13-6-12-4-8(11)9(13)14/h4,6-7H,2-3,5H2,1H3. The zero-order valence-electron chi connectivity index (χ0n) is 7.91. The van der Waals surface area contributed by atoms with Gasteiger partial charge >= 0.3 is 0 Å². The summed E-state index contributed by atoms with van der Waals surface area (Å²) >= 11 is 6.60. The molecule has 0 N–H and O–H groups in total. The van der Waals surface area contributed by atoms with Crippen LogP contribution in [0.3, 0.4) is 0 Å². The van der Waals surface area contributed by atoms with Crippen molar-refractivity contribution in [2.45, 2.75) is 19.9 Å². The molecule has 1 atom stereocenters. The molecule has 0 spiro atoms. The Morgan fingerprint density at radius 1 is 1.64 bits per heavy atom. The minimum atomic E-state index is -0.0144. The van der Waals surface area contributed by atoms with Crippen LogP contribution in [0.5, 0.6) is 0 Å². The Labute approximate surface area is 99.8 Å². The molecule has 1 heterocycles. The van der Waals surface area contributed by atoms with Gasteiger partial charge in [0.15, 0.2) is 0 Å². The first-order valence-corrected chi connectivity index (χ1v) is 6.36. The van der Waals surface area contributed by atoms with E-state index < -0.39 is 0 Å². The van der Waals surface area contributed by atoms with Gasteiger partial charge in [-0.05, 0) is 21.8 Å². The van der Waals surface area contributed by atoms with Crippen LogP contribution in [-0.2, 0) is 6.54 Å². The van der Waals surface area contributed by atoms with E-state index in [0.29, 0.717) is 16.9 Å². The summed E-state index contributed by atoms with van der Waals surface area (Å²) in [6.45, 7) is 2.83. The van der Waals surface area contributed by atoms with Gasteiger partial charge in [0, 0.05) is 18.1 Å². The minimum Gasteiger partial charge on any atom is -0.298 e. The van der Waals surface area contributed by atoms with Crippen molar-refractivity contribution in [3.8, 4) is 0 Å². The average Bonchev–Trinajstić information content (AvgIpc) is 2.20. The summed E-state index contributed by atoms with van der Waals surface area (Å²) in [7, 11) is 0. The summed E-state index contributed by atoms with van der Waals surface area (Å²) in [5.74, 6) is 0.476. The zero-order chi connectivity index (χ0) is 10.6. The molecule has 0 bridgehead atoms. The van der Waals surface area contributed by atoms with E-state index in [1.807, 2.05) is 0 Å². The maximum Gasteiger partial charge on any atom is 0.267 e. The Bertz CT molecular complexity index is 347. The van der Waals surface area contributed by atoms with Crippen molar-refractivity contribution in [2.24, 2.45) is 5.92 Å². The highest BCUT2D eigenvalue weighted by Crippen LogP contribution is 2.09. The smallest absolute Gasteiger partial charge is 0.267 e. The van der Waals surface area contributed by atoms with Crippen molar-refractivity contribution in [1.82, 2.24) is 9.55 Å². The fourth-order valence-corrected chi connectivity index (χ4v) is 2.13. The van der Waals surface area contributed by atoms with Gasteiger partial charge in [0.25, 0.3) is 5.56 Å². The molecule has 0 aliphatic carbocycles. The Kier molecular flexibility index (Phi) is 4.81. The largest absolute Gasteiger partial charge is 0.298 e. The highest BCUT2D eigenvalue weighted by atomic mass is 79.9. The minimum absolute atomic E-state index is 0.0144. The fraction of sp³-hybridized carbons (Fsp3) is 0.556. The van der Waals surface area contributed by atoms with Gasteiger partial charge in [-0.1, -0.05) is 29.3 Å². The first-order valence-electron chi connectivity index (χ1n) is 4.45. The molecule has 0 saturated carbocycles. The summed E-state index contributed by atoms with van der Waals surface area (Å²) < 4.78 is 2.16. The second-order valence-corrected chi connectivity index (χ2v) is 4.63. The molecule has 0 fully saturated rings. The third kappa shape index (κ3) is 2.92. The topological polar surface area (TPSA) is 34.9 Å². The van der Waals surface area contributed by atoms with Crippen molar-refractivity contribution < 1.29 is 0 Å². The van der Waals surface area contributed by atoms with E-state index in [-0.39, 0.29) is 5.56 Å². The lowest BCUT2D eigenvalue weighted by Crippen LogP contribution is -2.25. The third-order valence-electron chi connectivity index (χ3n) is 2.11. The number of alkyl halides is 1. The van der Waals surface area contributed by atoms with E-state index in [1.165, 1.54) is 6.20 Å². The molecule has 1 aromatic rings. The summed E-state index contributed by atoms with van der Waals surface area (Å²) in [5.41, 5.74) is -0.0144. The number of rotatable bonds is 4. The lowest BCUT2D eigenvalue weighted by Gasteiger charge is -2.12. The first-order chi connectivity index (χ1) is 6.69. The molecule has 3 nitrogen and oxygen atoms in total. The second kappa shape index (κ2) is 5.66. The van der Waals surface area contributed by atoms with Gasteiger partial charge in [-0.2, -0.15) is 0 Å². The van der Waals surface area contributed by atoms with Gasteiger partial charge in [-0.3, -0.25) is 9.36 Å². The van der Waals surface area contributed by atoms with E-state index in [1.54, 1.807) is 10.9 Å². The predicted molar refractivity (Wildman–Crippen MR) is 63.8 cm³/mol. The van der Waals surface area contributed by atoms with Gasteiger partial charge in [-0.25, -0.2) is 4.98 Å². The van der Waals surface area contributed by atoms with Gasteiger partial charge < -0.3 is 0 Å². The molecule has 5 heteroatoms. The molecule has 0 aliphatic rings. The molecule has 0 aromatic carbocycles. The summed E-state index contributed by atoms with van der Waals surface area (Å²) in [6, 6.07) is 0. The molecule has 1 aromatic heterocycles. The molecule has 14 heavy (non-hydrogen) atoms. The van der Waals surface area contributed by atoms with Gasteiger partial charge in [-0.15, -0.1) is 0 Å². The van der Waals surface area contributed by atoms with E-state index >= 15 is 0 Å². The summed E-state index contributed by atoms with van der Waals surface area (Å²) in [6.07, 6.45) is 4.15. The van der Waals surface area contributed by atoms with Gasteiger partial charge in [0.2, 0.25) is 0 Å². The second-order valence-electron chi connectivity index (χ2n) is 3.13. The van der Waals surface area contributed by atoms with Crippen LogP contribution < -0.4 is 5.56 Å². The third-order valence-corrected chi connectivity index (χ3v) is 3.57. The number of halogens is 2. The van der Waals surface area contributed by atoms with Crippen LogP contribution in [0.4, 0.5) is 0 Å². The Morgan fingerprint density at radius 2 is 2.36 bits per heavy atom. The molecule has 0 radical (unpaired) electrons. The van der Waals surface area contributed by atoms with E-state index in [2.05, 4.69) is 43.8 Å². The number of hydrogen-bond acceptors (Lipinski definition) is 2. The molecular formula is C9H12Br2N2O. The lowest BCUT2D eigenvalue weighted by atomic mass is 10.1. The van der Waals surface area contributed by atoms with Crippen LogP contribution in [0, 0.1) is 5.92 Å². The van der Waals surface area contributed by atoms with Crippen LogP contribution in [0.2, 0.25) is 0 Å². The monoisotopic (exact) mass is 322 g/mol. The molecular weight excluding hydrogens is 312 g/mol. The van der Waals surface area contributed by atoms with Crippen LogP contribution in [-0.4, -0.2) is 14.9 Å². The first kappa shape index (κ1) is 11.9. The van der Waals surface area contributed by atoms with Crippen LogP contribution in [0.1, 0.15) is 13.3 Å². The van der Waals surface area contributed by atoms with Gasteiger partial charge in [0.05, 0.1) is 6.33 Å². The quantitative estimate of drug-likeness (QED) is 0.798. The van der Waals surface area contributed by atoms with Crippen LogP contribution in [0.15, 0.2) is 21.8 Å². The molecule has 1 unspecified atom stereocenters. The van der Waals surface area contributed by atoms with Crippen molar-refractivity contribution in [3.05, 3.63) is 27.4 Å². The van der Waals surface area contributed by atoms with E-state index in [9.17, 15) is 4.79 Å². The lowest BCUT2D eigenvalue weighted by molar-refractivity contribution is 0.464. The molecule has 0 aliphatic heterocycles. The molecule has 0 saturated heterocycles. The normalized spacial score (nSPS) is 12.8. The maximum atomic E-state index is 11.6. The van der Waals surface area contributed by atoms with E-state index in [4.69, 9.17) is 0 Å². The van der Waals surface area contributed by atoms with Crippen LogP contribution >= 0.6 is 31.9 Å². The maximum absolute atomic E-state index is 11.6. The zero-order valence-corrected chi connectivity index (χ0v) is 11.1. The highest BCUT2D eigenvalue weighted by molar-refractivity contribution is 9.10. The Morgan fingerprint density at radius 3 is 2.93 bits per heavy atom. The predicted octanol–water partition coefficient (Wildman–Crippen LogP) is 2.43. The highest BCUT2D eigenvalue weighted by Gasteiger charge is 2.07. The molecule has 78 valence electrons. The van der Waals surface area contributed by atoms with Crippen molar-refractivity contribution in [3.63, 3.8) is 0 Å². The number of nitrogens with zero attached hydrogens (tertiary/aromatic N) is 2. The Hall–Kier alpha value is -0.160. The van der Waals surface area contributed by atoms with Crippen molar-refractivity contribution in [1.29, 1.82) is 0 Å². The van der Waals surface area contributed by atoms with Crippen LogP contribution in [0.25, 0.3) is 0 Å². The number of aromatic nitrogens is 2. The fourth-order valence-electron chi connectivity index (χ4n) is 1.12. The molecule has 1 rings (SSSR count).